The Morgan fingerprint density at radius 3 is 2.64 bits per heavy atom. The van der Waals surface area contributed by atoms with Gasteiger partial charge in [-0.1, -0.05) is 29.4 Å². The van der Waals surface area contributed by atoms with E-state index in [-0.39, 0.29) is 5.84 Å². The van der Waals surface area contributed by atoms with Crippen LogP contribution < -0.4 is 10.5 Å². The maximum atomic E-state index is 11.9. The van der Waals surface area contributed by atoms with Gasteiger partial charge in [0.05, 0.1) is 0 Å². The van der Waals surface area contributed by atoms with Crippen molar-refractivity contribution in [2.24, 2.45) is 10.9 Å². The van der Waals surface area contributed by atoms with E-state index in [2.05, 4.69) is 10.1 Å². The first kappa shape index (κ1) is 15.5. The van der Waals surface area contributed by atoms with Crippen LogP contribution in [0.3, 0.4) is 0 Å². The SMILES string of the molecule is Cc1ccccc1O[C@@H](C)C(=O)O/N=C(/N)c1ccccn1. The van der Waals surface area contributed by atoms with E-state index in [4.69, 9.17) is 15.3 Å². The number of hydrogen-bond donors (Lipinski definition) is 1. The Morgan fingerprint density at radius 2 is 1.95 bits per heavy atom. The summed E-state index contributed by atoms with van der Waals surface area (Å²) in [6, 6.07) is 12.6. The molecule has 1 atom stereocenters. The normalized spacial score (nSPS) is 12.5. The second-order valence-electron chi connectivity index (χ2n) is 4.63. The second-order valence-corrected chi connectivity index (χ2v) is 4.63. The molecule has 0 aliphatic carbocycles. The van der Waals surface area contributed by atoms with E-state index >= 15 is 0 Å². The monoisotopic (exact) mass is 299 g/mol. The lowest BCUT2D eigenvalue weighted by Gasteiger charge is -2.13. The predicted molar refractivity (Wildman–Crippen MR) is 82.3 cm³/mol. The van der Waals surface area contributed by atoms with Gasteiger partial charge >= 0.3 is 5.97 Å². The first-order valence-corrected chi connectivity index (χ1v) is 6.76. The molecule has 1 aromatic heterocycles. The lowest BCUT2D eigenvalue weighted by atomic mass is 10.2. The molecule has 6 heteroatoms. The van der Waals surface area contributed by atoms with Crippen molar-refractivity contribution in [3.63, 3.8) is 0 Å². The Morgan fingerprint density at radius 1 is 1.23 bits per heavy atom. The minimum absolute atomic E-state index is 0.0250. The fourth-order valence-electron chi connectivity index (χ4n) is 1.66. The number of carbonyl (C=O) groups excluding carboxylic acids is 1. The van der Waals surface area contributed by atoms with Crippen LogP contribution in [0, 0.1) is 6.92 Å². The summed E-state index contributed by atoms with van der Waals surface area (Å²) in [6.45, 7) is 3.48. The smallest absolute Gasteiger partial charge is 0.374 e. The van der Waals surface area contributed by atoms with Crippen molar-refractivity contribution in [3.05, 3.63) is 59.9 Å². The van der Waals surface area contributed by atoms with Crippen LogP contribution in [0.25, 0.3) is 0 Å². The summed E-state index contributed by atoms with van der Waals surface area (Å²) in [4.78, 5) is 20.7. The quantitative estimate of drug-likeness (QED) is 0.395. The predicted octanol–water partition coefficient (Wildman–Crippen LogP) is 2.02. The highest BCUT2D eigenvalue weighted by Gasteiger charge is 2.18. The molecule has 0 amide bonds. The second kappa shape index (κ2) is 7.21. The van der Waals surface area contributed by atoms with Gasteiger partial charge in [0, 0.05) is 6.20 Å². The van der Waals surface area contributed by atoms with E-state index in [1.807, 2.05) is 25.1 Å². The molecule has 22 heavy (non-hydrogen) atoms. The zero-order chi connectivity index (χ0) is 15.9. The number of aromatic nitrogens is 1. The molecule has 0 saturated carbocycles. The molecule has 0 fully saturated rings. The van der Waals surface area contributed by atoms with Crippen molar-refractivity contribution >= 4 is 11.8 Å². The van der Waals surface area contributed by atoms with Crippen molar-refractivity contribution < 1.29 is 14.4 Å². The average molecular weight is 299 g/mol. The van der Waals surface area contributed by atoms with Crippen LogP contribution in [-0.4, -0.2) is 22.9 Å². The summed E-state index contributed by atoms with van der Waals surface area (Å²) in [6.07, 6.45) is 0.769. The fourth-order valence-corrected chi connectivity index (χ4v) is 1.66. The number of carbonyl (C=O) groups is 1. The first-order chi connectivity index (χ1) is 10.6. The molecule has 2 aromatic rings. The van der Waals surface area contributed by atoms with Gasteiger partial charge in [0.1, 0.15) is 11.4 Å². The van der Waals surface area contributed by atoms with Crippen molar-refractivity contribution in [1.29, 1.82) is 0 Å². The summed E-state index contributed by atoms with van der Waals surface area (Å²) < 4.78 is 5.54. The molecule has 0 spiro atoms. The zero-order valence-electron chi connectivity index (χ0n) is 12.4. The van der Waals surface area contributed by atoms with Crippen LogP contribution in [0.4, 0.5) is 0 Å². The molecule has 114 valence electrons. The van der Waals surface area contributed by atoms with Gasteiger partial charge in [-0.05, 0) is 37.6 Å². The molecule has 0 aliphatic rings. The molecule has 0 bridgehead atoms. The minimum Gasteiger partial charge on any atom is -0.479 e. The Balaban J connectivity index is 1.96. The van der Waals surface area contributed by atoms with E-state index in [1.54, 1.807) is 37.4 Å². The lowest BCUT2D eigenvalue weighted by molar-refractivity contribution is -0.151. The van der Waals surface area contributed by atoms with E-state index in [1.165, 1.54) is 0 Å². The lowest BCUT2D eigenvalue weighted by Crippen LogP contribution is -2.26. The number of aryl methyl sites for hydroxylation is 1. The molecule has 0 aliphatic heterocycles. The van der Waals surface area contributed by atoms with Crippen LogP contribution in [0.15, 0.2) is 53.8 Å². The van der Waals surface area contributed by atoms with Crippen molar-refractivity contribution in [2.75, 3.05) is 0 Å². The number of oxime groups is 1. The Hall–Kier alpha value is -2.89. The third-order valence-corrected chi connectivity index (χ3v) is 2.89. The van der Waals surface area contributed by atoms with Gasteiger partial charge in [-0.2, -0.15) is 0 Å². The topological polar surface area (TPSA) is 86.8 Å². The number of rotatable bonds is 5. The van der Waals surface area contributed by atoms with E-state index < -0.39 is 12.1 Å². The number of hydrogen-bond acceptors (Lipinski definition) is 5. The highest BCUT2D eigenvalue weighted by Crippen LogP contribution is 2.18. The van der Waals surface area contributed by atoms with Crippen LogP contribution in [-0.2, 0) is 9.63 Å². The molecule has 0 radical (unpaired) electrons. The molecule has 0 unspecified atom stereocenters. The standard InChI is InChI=1S/C16H17N3O3/c1-11-7-3-4-9-14(11)21-12(2)16(20)22-19-15(17)13-8-5-6-10-18-13/h3-10,12H,1-2H3,(H2,17,19)/t12-/m0/s1. The molecule has 2 N–H and O–H groups in total. The van der Waals surface area contributed by atoms with Crippen LogP contribution >= 0.6 is 0 Å². The summed E-state index contributed by atoms with van der Waals surface area (Å²) in [5.41, 5.74) is 7.05. The highest BCUT2D eigenvalue weighted by molar-refractivity contribution is 5.95. The Bertz CT molecular complexity index is 671. The van der Waals surface area contributed by atoms with Crippen molar-refractivity contribution in [2.45, 2.75) is 20.0 Å². The fraction of sp³-hybridized carbons (Fsp3) is 0.188. The molecule has 1 heterocycles. The number of nitrogens with zero attached hydrogens (tertiary/aromatic N) is 2. The van der Waals surface area contributed by atoms with Gasteiger partial charge < -0.3 is 15.3 Å². The molecular formula is C16H17N3O3. The van der Waals surface area contributed by atoms with Gasteiger partial charge in [-0.3, -0.25) is 4.98 Å². The van der Waals surface area contributed by atoms with Crippen molar-refractivity contribution in [1.82, 2.24) is 4.98 Å². The average Bonchev–Trinajstić information content (AvgIpc) is 2.55. The number of ether oxygens (including phenoxy) is 1. The maximum Gasteiger partial charge on any atom is 0.374 e. The summed E-state index contributed by atoms with van der Waals surface area (Å²) in [5.74, 6) is 0.00723. The highest BCUT2D eigenvalue weighted by atomic mass is 16.7. The molecule has 2 rings (SSSR count). The molecular weight excluding hydrogens is 282 g/mol. The van der Waals surface area contributed by atoms with Crippen LogP contribution in [0.1, 0.15) is 18.2 Å². The molecule has 1 aromatic carbocycles. The minimum atomic E-state index is -0.804. The number of amidine groups is 1. The zero-order valence-corrected chi connectivity index (χ0v) is 12.4. The first-order valence-electron chi connectivity index (χ1n) is 6.76. The number of pyridine rings is 1. The van der Waals surface area contributed by atoms with Gasteiger partial charge in [-0.25, -0.2) is 4.79 Å². The van der Waals surface area contributed by atoms with Crippen molar-refractivity contribution in [3.8, 4) is 5.75 Å². The van der Waals surface area contributed by atoms with Gasteiger partial charge in [-0.15, -0.1) is 0 Å². The van der Waals surface area contributed by atoms with E-state index in [9.17, 15) is 4.79 Å². The molecule has 6 nitrogen and oxygen atoms in total. The van der Waals surface area contributed by atoms with Crippen LogP contribution in [0.2, 0.25) is 0 Å². The largest absolute Gasteiger partial charge is 0.479 e. The van der Waals surface area contributed by atoms with Gasteiger partial charge in [0.15, 0.2) is 11.9 Å². The van der Waals surface area contributed by atoms with Crippen LogP contribution in [0.5, 0.6) is 5.75 Å². The number of nitrogens with two attached hydrogens (primary N) is 1. The Kier molecular flexibility index (Phi) is 5.08. The van der Waals surface area contributed by atoms with Gasteiger partial charge in [0.2, 0.25) is 0 Å². The summed E-state index contributed by atoms with van der Waals surface area (Å²) in [7, 11) is 0. The maximum absolute atomic E-state index is 11.9. The number of benzene rings is 1. The summed E-state index contributed by atoms with van der Waals surface area (Å²) in [5, 5.41) is 3.58. The van der Waals surface area contributed by atoms with E-state index in [0.29, 0.717) is 11.4 Å². The number of para-hydroxylation sites is 1. The van der Waals surface area contributed by atoms with E-state index in [0.717, 1.165) is 5.56 Å². The summed E-state index contributed by atoms with van der Waals surface area (Å²) >= 11 is 0. The van der Waals surface area contributed by atoms with Gasteiger partial charge in [0.25, 0.3) is 0 Å². The third kappa shape index (κ3) is 4.05. The molecule has 0 saturated heterocycles. The third-order valence-electron chi connectivity index (χ3n) is 2.89. The Labute approximate surface area is 128 Å².